The summed E-state index contributed by atoms with van der Waals surface area (Å²) in [5, 5.41) is 12.4. The van der Waals surface area contributed by atoms with Gasteiger partial charge in [-0.05, 0) is 50.5 Å². The van der Waals surface area contributed by atoms with Crippen LogP contribution in [0.15, 0.2) is 18.2 Å². The van der Waals surface area contributed by atoms with Crippen molar-refractivity contribution in [1.29, 1.82) is 0 Å². The second-order valence-corrected chi connectivity index (χ2v) is 7.02. The number of thiocarbonyl (C=S) groups is 1. The SMILES string of the molecule is CC(=S)NC[C@H]1CN(c2ccc3c(c2)CC[C@@H](C)N3C(=O)O)C(=O)O1. The lowest BCUT2D eigenvalue weighted by atomic mass is 9.96. The molecular weight excluding hydrogens is 342 g/mol. The number of hydrogen-bond acceptors (Lipinski definition) is 4. The third-order valence-electron chi connectivity index (χ3n) is 4.57. The molecule has 7 nitrogen and oxygen atoms in total. The van der Waals surface area contributed by atoms with Crippen LogP contribution >= 0.6 is 12.2 Å². The number of aryl methyl sites for hydroxylation is 1. The molecule has 0 bridgehead atoms. The number of nitrogens with one attached hydrogen (secondary N) is 1. The average molecular weight is 363 g/mol. The van der Waals surface area contributed by atoms with E-state index in [2.05, 4.69) is 5.32 Å². The van der Waals surface area contributed by atoms with E-state index in [9.17, 15) is 14.7 Å². The second-order valence-electron chi connectivity index (χ2n) is 6.41. The monoisotopic (exact) mass is 363 g/mol. The van der Waals surface area contributed by atoms with Crippen molar-refractivity contribution in [3.05, 3.63) is 23.8 Å². The summed E-state index contributed by atoms with van der Waals surface area (Å²) in [6, 6.07) is 5.38. The number of carbonyl (C=O) groups excluding carboxylic acids is 1. The highest BCUT2D eigenvalue weighted by molar-refractivity contribution is 7.80. The van der Waals surface area contributed by atoms with E-state index in [1.807, 2.05) is 13.0 Å². The van der Waals surface area contributed by atoms with Crippen LogP contribution in [-0.4, -0.2) is 47.5 Å². The lowest BCUT2D eigenvalue weighted by Crippen LogP contribution is -2.41. The minimum atomic E-state index is -0.955. The predicted molar refractivity (Wildman–Crippen MR) is 98.6 cm³/mol. The molecule has 2 N–H and O–H groups in total. The first-order chi connectivity index (χ1) is 11.9. The highest BCUT2D eigenvalue weighted by Crippen LogP contribution is 2.34. The first kappa shape index (κ1) is 17.5. The molecule has 2 amide bonds. The Morgan fingerprint density at radius 1 is 1.48 bits per heavy atom. The maximum Gasteiger partial charge on any atom is 0.414 e. The van der Waals surface area contributed by atoms with Gasteiger partial charge in [0.05, 0.1) is 23.8 Å². The van der Waals surface area contributed by atoms with Gasteiger partial charge in [0, 0.05) is 11.7 Å². The number of cyclic esters (lactones) is 1. The van der Waals surface area contributed by atoms with Crippen molar-refractivity contribution in [2.75, 3.05) is 22.9 Å². The van der Waals surface area contributed by atoms with Crippen LogP contribution in [0.25, 0.3) is 0 Å². The summed E-state index contributed by atoms with van der Waals surface area (Å²) in [6.07, 6.45) is -0.0757. The lowest BCUT2D eigenvalue weighted by Gasteiger charge is -2.33. The first-order valence-corrected chi connectivity index (χ1v) is 8.65. The molecule has 1 aromatic rings. The van der Waals surface area contributed by atoms with Gasteiger partial charge in [-0.15, -0.1) is 0 Å². The number of hydrogen-bond donors (Lipinski definition) is 2. The molecule has 0 unspecified atom stereocenters. The smallest absolute Gasteiger partial charge is 0.414 e. The molecule has 2 atom stereocenters. The van der Waals surface area contributed by atoms with Gasteiger partial charge in [-0.1, -0.05) is 12.2 Å². The Morgan fingerprint density at radius 3 is 2.92 bits per heavy atom. The number of benzene rings is 1. The Hall–Kier alpha value is -2.35. The molecule has 1 fully saturated rings. The maximum atomic E-state index is 12.2. The van der Waals surface area contributed by atoms with Crippen LogP contribution in [-0.2, 0) is 11.2 Å². The highest BCUT2D eigenvalue weighted by atomic mass is 32.1. The number of anilines is 2. The largest absolute Gasteiger partial charge is 0.465 e. The number of ether oxygens (including phenoxy) is 1. The van der Waals surface area contributed by atoms with Crippen molar-refractivity contribution in [2.24, 2.45) is 0 Å². The Kier molecular flexibility index (Phi) is 4.80. The van der Waals surface area contributed by atoms with Crippen LogP contribution in [0.3, 0.4) is 0 Å². The number of carbonyl (C=O) groups is 2. The van der Waals surface area contributed by atoms with Gasteiger partial charge in [-0.2, -0.15) is 0 Å². The standard InChI is InChI=1S/C17H21N3O4S/c1-10-3-4-12-7-13(5-6-15(12)20(10)16(21)22)19-9-14(24-17(19)23)8-18-11(2)25/h5-7,10,14H,3-4,8-9H2,1-2H3,(H,18,25)(H,21,22)/t10-,14+/m1/s1. The van der Waals surface area contributed by atoms with Gasteiger partial charge in [-0.25, -0.2) is 9.59 Å². The van der Waals surface area contributed by atoms with E-state index in [0.29, 0.717) is 23.8 Å². The molecule has 1 saturated heterocycles. The molecule has 0 spiro atoms. The van der Waals surface area contributed by atoms with E-state index in [4.69, 9.17) is 17.0 Å². The third-order valence-corrected chi connectivity index (χ3v) is 4.71. The Labute approximate surface area is 151 Å². The van der Waals surface area contributed by atoms with Crippen molar-refractivity contribution in [3.63, 3.8) is 0 Å². The first-order valence-electron chi connectivity index (χ1n) is 8.24. The van der Waals surface area contributed by atoms with Crippen LogP contribution < -0.4 is 15.1 Å². The molecular formula is C17H21N3O4S. The molecule has 8 heteroatoms. The summed E-state index contributed by atoms with van der Waals surface area (Å²) >= 11 is 4.97. The van der Waals surface area contributed by atoms with E-state index >= 15 is 0 Å². The lowest BCUT2D eigenvalue weighted by molar-refractivity contribution is 0.143. The number of amides is 2. The average Bonchev–Trinajstić information content (AvgIpc) is 2.93. The maximum absolute atomic E-state index is 12.2. The minimum absolute atomic E-state index is 0.0547. The molecule has 0 aromatic heterocycles. The zero-order valence-corrected chi connectivity index (χ0v) is 15.0. The molecule has 0 aliphatic carbocycles. The number of rotatable bonds is 3. The van der Waals surface area contributed by atoms with Gasteiger partial charge in [0.15, 0.2) is 0 Å². The van der Waals surface area contributed by atoms with Crippen molar-refractivity contribution in [2.45, 2.75) is 38.8 Å². The minimum Gasteiger partial charge on any atom is -0.465 e. The quantitative estimate of drug-likeness (QED) is 0.804. The fourth-order valence-electron chi connectivity index (χ4n) is 3.29. The van der Waals surface area contributed by atoms with Gasteiger partial charge in [-0.3, -0.25) is 9.80 Å². The molecule has 0 radical (unpaired) electrons. The van der Waals surface area contributed by atoms with Gasteiger partial charge < -0.3 is 15.2 Å². The van der Waals surface area contributed by atoms with E-state index < -0.39 is 12.2 Å². The van der Waals surface area contributed by atoms with E-state index in [1.165, 1.54) is 4.90 Å². The normalized spacial score (nSPS) is 22.4. The summed E-state index contributed by atoms with van der Waals surface area (Å²) in [5.74, 6) is 0. The second kappa shape index (κ2) is 6.87. The summed E-state index contributed by atoms with van der Waals surface area (Å²) in [6.45, 7) is 4.60. The van der Waals surface area contributed by atoms with Crippen molar-refractivity contribution < 1.29 is 19.4 Å². The number of carboxylic acid groups (broad SMARTS) is 1. The Balaban J connectivity index is 1.79. The van der Waals surface area contributed by atoms with Crippen LogP contribution in [0.4, 0.5) is 21.0 Å². The molecule has 0 saturated carbocycles. The van der Waals surface area contributed by atoms with Crippen molar-refractivity contribution in [3.8, 4) is 0 Å². The molecule has 3 rings (SSSR count). The van der Waals surface area contributed by atoms with E-state index in [1.54, 1.807) is 24.0 Å². The van der Waals surface area contributed by atoms with E-state index in [0.717, 1.165) is 24.1 Å². The van der Waals surface area contributed by atoms with Gasteiger partial charge >= 0.3 is 12.2 Å². The topological polar surface area (TPSA) is 82.1 Å². The fraction of sp³-hybridized carbons (Fsp3) is 0.471. The predicted octanol–water partition coefficient (Wildman–Crippen LogP) is 2.77. The number of nitrogens with zero attached hydrogens (tertiary/aromatic N) is 2. The third kappa shape index (κ3) is 3.53. The summed E-state index contributed by atoms with van der Waals surface area (Å²) < 4.78 is 5.36. The molecule has 2 aliphatic heterocycles. The molecule has 2 heterocycles. The van der Waals surface area contributed by atoms with Crippen LogP contribution in [0.1, 0.15) is 25.8 Å². The van der Waals surface area contributed by atoms with Crippen LogP contribution in [0.5, 0.6) is 0 Å². The highest BCUT2D eigenvalue weighted by Gasteiger charge is 2.34. The zero-order chi connectivity index (χ0) is 18.1. The summed E-state index contributed by atoms with van der Waals surface area (Å²) in [5.41, 5.74) is 2.35. The molecule has 2 aliphatic rings. The van der Waals surface area contributed by atoms with Crippen LogP contribution in [0, 0.1) is 0 Å². The van der Waals surface area contributed by atoms with Gasteiger partial charge in [0.1, 0.15) is 6.10 Å². The molecule has 1 aromatic carbocycles. The van der Waals surface area contributed by atoms with Gasteiger partial charge in [0.2, 0.25) is 0 Å². The van der Waals surface area contributed by atoms with Crippen LogP contribution in [0.2, 0.25) is 0 Å². The Bertz CT molecular complexity index is 724. The zero-order valence-electron chi connectivity index (χ0n) is 14.2. The fourth-order valence-corrected chi connectivity index (χ4v) is 3.38. The Morgan fingerprint density at radius 2 is 2.24 bits per heavy atom. The molecule has 25 heavy (non-hydrogen) atoms. The van der Waals surface area contributed by atoms with E-state index in [-0.39, 0.29) is 12.1 Å². The summed E-state index contributed by atoms with van der Waals surface area (Å²) in [4.78, 5) is 27.3. The molecule has 134 valence electrons. The number of fused-ring (bicyclic) bond motifs is 1. The van der Waals surface area contributed by atoms with Crippen molar-refractivity contribution >= 4 is 40.8 Å². The van der Waals surface area contributed by atoms with Crippen molar-refractivity contribution in [1.82, 2.24) is 5.32 Å². The van der Waals surface area contributed by atoms with Gasteiger partial charge in [0.25, 0.3) is 0 Å². The summed E-state index contributed by atoms with van der Waals surface area (Å²) in [7, 11) is 0.